The molecule has 0 fully saturated rings. The maximum atomic E-state index is 6.79. The molecule has 0 radical (unpaired) electrons. The van der Waals surface area contributed by atoms with Crippen molar-refractivity contribution in [2.24, 2.45) is 0 Å². The van der Waals surface area contributed by atoms with Gasteiger partial charge in [-0.1, -0.05) is 126 Å². The molecule has 0 amide bonds. The number of benzene rings is 14. The van der Waals surface area contributed by atoms with E-state index in [1.54, 1.807) is 0 Å². The first-order valence-corrected chi connectivity index (χ1v) is 30.7. The molecular formula is C83H60N4O3. The standard InChI is InChI=1S/C83H60N4O3/c1-51-18-32-76(53(3)40-51)87(77-33-19-52(2)41-54(77)4)69-31-39-83-75(50-69)74-49-68(30-38-82(74)90-83)86(64-25-22-57-14-8-11-17-60(57)44-64)67-29-37-81-73(48-67)72-47-66(28-36-80(72)89-81)85(63-24-21-56-13-7-10-16-59(56)43-63)65-27-35-79-71(46-65)70-45-62(26-34-78(70)88-79)84(5)61-23-20-55-12-6-9-15-58(55)42-61/h6-50H,1-5H3. The number of hydrogen-bond donors (Lipinski definition) is 0. The Morgan fingerprint density at radius 2 is 0.478 bits per heavy atom. The second kappa shape index (κ2) is 20.8. The highest BCUT2D eigenvalue weighted by Gasteiger charge is 2.24. The molecule has 17 aromatic rings. The maximum Gasteiger partial charge on any atom is 0.135 e. The van der Waals surface area contributed by atoms with E-state index >= 15 is 0 Å². The molecule has 0 spiro atoms. The average Bonchev–Trinajstić information content (AvgIpc) is 1.58. The van der Waals surface area contributed by atoms with Crippen LogP contribution in [0.4, 0.5) is 62.6 Å². The van der Waals surface area contributed by atoms with Gasteiger partial charge >= 0.3 is 0 Å². The molecule has 0 N–H and O–H groups in total. The zero-order valence-corrected chi connectivity index (χ0v) is 50.5. The molecule has 0 saturated carbocycles. The minimum absolute atomic E-state index is 0.804. The van der Waals surface area contributed by atoms with E-state index in [1.807, 2.05) is 0 Å². The second-order valence-corrected chi connectivity index (χ2v) is 24.1. The summed E-state index contributed by atoms with van der Waals surface area (Å²) in [5, 5.41) is 13.3. The minimum Gasteiger partial charge on any atom is -0.456 e. The zero-order valence-electron chi connectivity index (χ0n) is 50.5. The highest BCUT2D eigenvalue weighted by molar-refractivity contribution is 6.12. The molecule has 17 rings (SSSR count). The van der Waals surface area contributed by atoms with Gasteiger partial charge in [0.1, 0.15) is 33.5 Å². The summed E-state index contributed by atoms with van der Waals surface area (Å²) < 4.78 is 20.1. The Morgan fingerprint density at radius 1 is 0.222 bits per heavy atom. The summed E-state index contributed by atoms with van der Waals surface area (Å²) in [5.41, 5.74) is 21.4. The summed E-state index contributed by atoms with van der Waals surface area (Å²) in [5.74, 6) is 0. The van der Waals surface area contributed by atoms with Gasteiger partial charge in [-0.05, 0) is 229 Å². The largest absolute Gasteiger partial charge is 0.456 e. The predicted octanol–water partition coefficient (Wildman–Crippen LogP) is 24.3. The van der Waals surface area contributed by atoms with Crippen LogP contribution >= 0.6 is 0 Å². The molecule has 0 aliphatic rings. The monoisotopic (exact) mass is 1160 g/mol. The molecule has 3 heterocycles. The Bertz CT molecular complexity index is 5700. The summed E-state index contributed by atoms with van der Waals surface area (Å²) in [6.45, 7) is 8.71. The molecule has 14 aromatic carbocycles. The number of aryl methyl sites for hydroxylation is 4. The van der Waals surface area contributed by atoms with Crippen molar-refractivity contribution in [2.45, 2.75) is 27.7 Å². The van der Waals surface area contributed by atoms with Gasteiger partial charge in [-0.25, -0.2) is 0 Å². The fourth-order valence-corrected chi connectivity index (χ4v) is 13.7. The molecule has 0 unspecified atom stereocenters. The van der Waals surface area contributed by atoms with Crippen molar-refractivity contribution in [3.05, 3.63) is 295 Å². The fourth-order valence-electron chi connectivity index (χ4n) is 13.7. The Hall–Kier alpha value is -11.5. The van der Waals surface area contributed by atoms with Crippen molar-refractivity contribution in [3.63, 3.8) is 0 Å². The average molecular weight is 1160 g/mol. The van der Waals surface area contributed by atoms with Crippen LogP contribution in [0.15, 0.2) is 286 Å². The van der Waals surface area contributed by atoms with Crippen LogP contribution in [-0.2, 0) is 0 Å². The van der Waals surface area contributed by atoms with E-state index in [9.17, 15) is 0 Å². The third kappa shape index (κ3) is 8.96. The van der Waals surface area contributed by atoms with Crippen molar-refractivity contribution < 1.29 is 13.3 Å². The molecule has 3 aromatic heterocycles. The molecule has 0 aliphatic carbocycles. The summed E-state index contributed by atoms with van der Waals surface area (Å²) in [6, 6.07) is 98.6. The summed E-state index contributed by atoms with van der Waals surface area (Å²) >= 11 is 0. The molecule has 0 saturated heterocycles. The lowest BCUT2D eigenvalue weighted by molar-refractivity contribution is 0.668. The van der Waals surface area contributed by atoms with E-state index in [0.29, 0.717) is 0 Å². The van der Waals surface area contributed by atoms with Crippen LogP contribution in [-0.4, -0.2) is 7.05 Å². The lowest BCUT2D eigenvalue weighted by Crippen LogP contribution is -2.13. The van der Waals surface area contributed by atoms with E-state index < -0.39 is 0 Å². The Balaban J connectivity index is 0.805. The number of nitrogens with zero attached hydrogens (tertiary/aromatic N) is 4. The highest BCUT2D eigenvalue weighted by Crippen LogP contribution is 2.47. The summed E-state index contributed by atoms with van der Waals surface area (Å²) in [7, 11) is 2.13. The molecule has 0 bridgehead atoms. The summed E-state index contributed by atoms with van der Waals surface area (Å²) in [4.78, 5) is 9.37. The smallest absolute Gasteiger partial charge is 0.135 e. The first-order valence-electron chi connectivity index (χ1n) is 30.7. The van der Waals surface area contributed by atoms with Gasteiger partial charge < -0.3 is 32.9 Å². The normalized spacial score (nSPS) is 11.8. The van der Waals surface area contributed by atoms with Crippen molar-refractivity contribution in [1.29, 1.82) is 0 Å². The Morgan fingerprint density at radius 3 is 0.822 bits per heavy atom. The molecule has 7 heteroatoms. The van der Waals surface area contributed by atoms with Gasteiger partial charge in [-0.3, -0.25) is 0 Å². The van der Waals surface area contributed by atoms with E-state index in [0.717, 1.165) is 139 Å². The van der Waals surface area contributed by atoms with Gasteiger partial charge in [0.05, 0.1) is 0 Å². The van der Waals surface area contributed by atoms with E-state index in [2.05, 4.69) is 327 Å². The quantitative estimate of drug-likeness (QED) is 0.128. The topological polar surface area (TPSA) is 52.4 Å². The number of furan rings is 3. The van der Waals surface area contributed by atoms with E-state index in [1.165, 1.54) is 43.8 Å². The third-order valence-corrected chi connectivity index (χ3v) is 18.3. The van der Waals surface area contributed by atoms with Gasteiger partial charge in [0, 0.05) is 102 Å². The predicted molar refractivity (Wildman–Crippen MR) is 378 cm³/mol. The van der Waals surface area contributed by atoms with Crippen molar-refractivity contribution in [2.75, 3.05) is 26.6 Å². The highest BCUT2D eigenvalue weighted by atomic mass is 16.3. The molecule has 7 nitrogen and oxygen atoms in total. The fraction of sp³-hybridized carbons (Fsp3) is 0.0602. The molecular weight excluding hydrogens is 1100 g/mol. The van der Waals surface area contributed by atoms with Gasteiger partial charge in [-0.15, -0.1) is 0 Å². The maximum absolute atomic E-state index is 6.79. The molecule has 0 aliphatic heterocycles. The number of hydrogen-bond acceptors (Lipinski definition) is 7. The van der Waals surface area contributed by atoms with Gasteiger partial charge in [0.2, 0.25) is 0 Å². The summed E-state index contributed by atoms with van der Waals surface area (Å²) in [6.07, 6.45) is 0. The van der Waals surface area contributed by atoms with Crippen LogP contribution in [0.2, 0.25) is 0 Å². The third-order valence-electron chi connectivity index (χ3n) is 18.3. The van der Waals surface area contributed by atoms with Crippen molar-refractivity contribution in [1.82, 2.24) is 0 Å². The zero-order chi connectivity index (χ0) is 60.3. The van der Waals surface area contributed by atoms with Crippen LogP contribution in [0.5, 0.6) is 0 Å². The lowest BCUT2D eigenvalue weighted by atomic mass is 10.0. The molecule has 430 valence electrons. The second-order valence-electron chi connectivity index (χ2n) is 24.1. The lowest BCUT2D eigenvalue weighted by Gasteiger charge is -2.29. The number of anilines is 11. The van der Waals surface area contributed by atoms with E-state index in [4.69, 9.17) is 13.3 Å². The van der Waals surface area contributed by atoms with Crippen LogP contribution in [0.1, 0.15) is 22.3 Å². The van der Waals surface area contributed by atoms with Gasteiger partial charge in [0.25, 0.3) is 0 Å². The van der Waals surface area contributed by atoms with Crippen LogP contribution < -0.4 is 19.6 Å². The van der Waals surface area contributed by atoms with Gasteiger partial charge in [0.15, 0.2) is 0 Å². The van der Waals surface area contributed by atoms with Crippen LogP contribution in [0.3, 0.4) is 0 Å². The van der Waals surface area contributed by atoms with Crippen LogP contribution in [0.25, 0.3) is 98.1 Å². The van der Waals surface area contributed by atoms with Crippen LogP contribution in [0, 0.1) is 27.7 Å². The Kier molecular flexibility index (Phi) is 12.2. The number of rotatable bonds is 11. The molecule has 0 atom stereocenters. The SMILES string of the molecule is Cc1ccc(N(c2ccc3oc4ccc(N(c5ccc6ccccc6c5)c5ccc6oc7ccc(N(c8ccc9ccccc9c8)c8ccc9oc%10ccc(N(C)c%11ccc%12ccccc%12c%11)cc%10c9c8)cc7c6c5)cc4c3c2)c2ccc(C)cc2C)c(C)c1. The number of fused-ring (bicyclic) bond motifs is 12. The van der Waals surface area contributed by atoms with E-state index in [-0.39, 0.29) is 0 Å². The van der Waals surface area contributed by atoms with Crippen molar-refractivity contribution in [3.8, 4) is 0 Å². The molecule has 90 heavy (non-hydrogen) atoms. The first-order chi connectivity index (χ1) is 44.1. The van der Waals surface area contributed by atoms with Gasteiger partial charge in [-0.2, -0.15) is 0 Å². The minimum atomic E-state index is 0.804. The first kappa shape index (κ1) is 52.8. The Labute approximate surface area is 520 Å². The van der Waals surface area contributed by atoms with Crippen molar-refractivity contribution >= 4 is 161 Å².